The Morgan fingerprint density at radius 1 is 1.20 bits per heavy atom. The third kappa shape index (κ3) is 2.94. The summed E-state index contributed by atoms with van der Waals surface area (Å²) in [4.78, 5) is 26.6. The number of aromatic nitrogens is 3. The fourth-order valence-corrected chi connectivity index (χ4v) is 1.60. The van der Waals surface area contributed by atoms with Gasteiger partial charge in [0.2, 0.25) is 0 Å². The monoisotopic (exact) mass is 272 g/mol. The van der Waals surface area contributed by atoms with Gasteiger partial charge >= 0.3 is 5.97 Å². The number of rotatable bonds is 3. The van der Waals surface area contributed by atoms with Crippen molar-refractivity contribution in [1.82, 2.24) is 15.2 Å². The van der Waals surface area contributed by atoms with Gasteiger partial charge < -0.3 is 10.4 Å². The molecule has 0 aliphatic heterocycles. The summed E-state index contributed by atoms with van der Waals surface area (Å²) in [6.07, 6.45) is 1.32. The number of nitrogens with one attached hydrogen (secondary N) is 1. The average Bonchev–Trinajstić information content (AvgIpc) is 2.41. The first-order chi connectivity index (χ1) is 9.47. The van der Waals surface area contributed by atoms with Crippen LogP contribution in [0.25, 0.3) is 0 Å². The summed E-state index contributed by atoms with van der Waals surface area (Å²) in [6.45, 7) is 3.41. The van der Waals surface area contributed by atoms with Gasteiger partial charge in [0.15, 0.2) is 0 Å². The van der Waals surface area contributed by atoms with Crippen molar-refractivity contribution in [1.29, 1.82) is 0 Å². The van der Waals surface area contributed by atoms with Crippen LogP contribution in [0.4, 0.5) is 5.69 Å². The number of aromatic carboxylic acids is 1. The van der Waals surface area contributed by atoms with E-state index < -0.39 is 5.97 Å². The lowest BCUT2D eigenvalue weighted by Crippen LogP contribution is -2.15. The molecule has 0 saturated heterocycles. The zero-order valence-corrected chi connectivity index (χ0v) is 10.9. The minimum absolute atomic E-state index is 0.136. The zero-order valence-electron chi connectivity index (χ0n) is 10.9. The highest BCUT2D eigenvalue weighted by Crippen LogP contribution is 2.12. The Morgan fingerprint density at radius 3 is 2.65 bits per heavy atom. The van der Waals surface area contributed by atoms with E-state index in [1.807, 2.05) is 0 Å². The van der Waals surface area contributed by atoms with Crippen molar-refractivity contribution >= 4 is 17.6 Å². The second-order valence-electron chi connectivity index (χ2n) is 4.17. The topological polar surface area (TPSA) is 105 Å². The molecule has 2 N–H and O–H groups in total. The molecule has 2 aromatic heterocycles. The number of carbonyl (C=O) groups excluding carboxylic acids is 1. The summed E-state index contributed by atoms with van der Waals surface area (Å²) >= 11 is 0. The average molecular weight is 272 g/mol. The zero-order chi connectivity index (χ0) is 14.7. The second kappa shape index (κ2) is 5.43. The quantitative estimate of drug-likeness (QED) is 0.875. The SMILES string of the molecule is Cc1cc(C(=O)Nc2ccnc(C(=O)O)c2)c(C)nn1. The summed E-state index contributed by atoms with van der Waals surface area (Å²) < 4.78 is 0. The van der Waals surface area contributed by atoms with E-state index in [1.54, 1.807) is 19.9 Å². The van der Waals surface area contributed by atoms with Gasteiger partial charge in [0, 0.05) is 11.9 Å². The van der Waals surface area contributed by atoms with Crippen LogP contribution in [0, 0.1) is 13.8 Å². The van der Waals surface area contributed by atoms with Crippen LogP contribution in [0.2, 0.25) is 0 Å². The molecule has 0 radical (unpaired) electrons. The molecule has 0 saturated carbocycles. The molecule has 0 atom stereocenters. The largest absolute Gasteiger partial charge is 0.477 e. The fraction of sp³-hybridized carbons (Fsp3) is 0.154. The van der Waals surface area contributed by atoms with Crippen LogP contribution < -0.4 is 5.32 Å². The van der Waals surface area contributed by atoms with Crippen LogP contribution in [0.3, 0.4) is 0 Å². The molecule has 20 heavy (non-hydrogen) atoms. The van der Waals surface area contributed by atoms with Crippen molar-refractivity contribution in [2.75, 3.05) is 5.32 Å². The van der Waals surface area contributed by atoms with Crippen molar-refractivity contribution < 1.29 is 14.7 Å². The first kappa shape index (κ1) is 13.6. The molecule has 0 unspecified atom stereocenters. The van der Waals surface area contributed by atoms with Crippen LogP contribution in [0.1, 0.15) is 32.2 Å². The van der Waals surface area contributed by atoms with Crippen molar-refractivity contribution in [2.45, 2.75) is 13.8 Å². The van der Waals surface area contributed by atoms with E-state index >= 15 is 0 Å². The van der Waals surface area contributed by atoms with E-state index in [9.17, 15) is 9.59 Å². The van der Waals surface area contributed by atoms with Crippen LogP contribution in [0.15, 0.2) is 24.4 Å². The first-order valence-corrected chi connectivity index (χ1v) is 5.79. The van der Waals surface area contributed by atoms with Crippen molar-refractivity contribution in [2.24, 2.45) is 0 Å². The van der Waals surface area contributed by atoms with Gasteiger partial charge in [-0.2, -0.15) is 10.2 Å². The third-order valence-electron chi connectivity index (χ3n) is 2.58. The lowest BCUT2D eigenvalue weighted by atomic mass is 10.2. The van der Waals surface area contributed by atoms with Crippen molar-refractivity contribution in [3.05, 3.63) is 47.0 Å². The number of amides is 1. The van der Waals surface area contributed by atoms with E-state index in [4.69, 9.17) is 5.11 Å². The Balaban J connectivity index is 2.25. The maximum absolute atomic E-state index is 12.1. The molecule has 0 fully saturated rings. The molecule has 0 bridgehead atoms. The molecule has 2 aromatic rings. The van der Waals surface area contributed by atoms with E-state index in [0.717, 1.165) is 0 Å². The number of pyridine rings is 1. The normalized spacial score (nSPS) is 10.1. The predicted octanol–water partition coefficient (Wildman–Crippen LogP) is 1.44. The van der Waals surface area contributed by atoms with Crippen LogP contribution in [-0.4, -0.2) is 32.2 Å². The molecule has 0 spiro atoms. The van der Waals surface area contributed by atoms with Gasteiger partial charge in [0.25, 0.3) is 5.91 Å². The Morgan fingerprint density at radius 2 is 1.95 bits per heavy atom. The second-order valence-corrected chi connectivity index (χ2v) is 4.17. The molecule has 102 valence electrons. The first-order valence-electron chi connectivity index (χ1n) is 5.79. The maximum atomic E-state index is 12.1. The van der Waals surface area contributed by atoms with Gasteiger partial charge in [-0.25, -0.2) is 9.78 Å². The molecule has 2 heterocycles. The lowest BCUT2D eigenvalue weighted by Gasteiger charge is -2.07. The van der Waals surface area contributed by atoms with Gasteiger partial charge in [-0.05, 0) is 32.0 Å². The molecular weight excluding hydrogens is 260 g/mol. The molecule has 1 amide bonds. The summed E-state index contributed by atoms with van der Waals surface area (Å²) in [7, 11) is 0. The number of hydrogen-bond donors (Lipinski definition) is 2. The molecule has 7 heteroatoms. The Labute approximate surface area is 114 Å². The van der Waals surface area contributed by atoms with Gasteiger partial charge in [-0.1, -0.05) is 0 Å². The number of carbonyl (C=O) groups is 2. The van der Waals surface area contributed by atoms with Gasteiger partial charge in [0.05, 0.1) is 17.0 Å². The minimum atomic E-state index is -1.15. The molecular formula is C13H12N4O3. The fourth-order valence-electron chi connectivity index (χ4n) is 1.60. The van der Waals surface area contributed by atoms with Crippen LogP contribution >= 0.6 is 0 Å². The minimum Gasteiger partial charge on any atom is -0.477 e. The molecule has 0 aromatic carbocycles. The standard InChI is InChI=1S/C13H12N4O3/c1-7-5-10(8(2)17-16-7)12(18)15-9-3-4-14-11(6-9)13(19)20/h3-6H,1-2H3,(H,19,20)(H,14,15,18). The Bertz CT molecular complexity index is 685. The van der Waals surface area contributed by atoms with E-state index in [2.05, 4.69) is 20.5 Å². The van der Waals surface area contributed by atoms with Gasteiger partial charge in [0.1, 0.15) is 5.69 Å². The number of aryl methyl sites for hydroxylation is 2. The number of carboxylic acid groups (broad SMARTS) is 1. The maximum Gasteiger partial charge on any atom is 0.354 e. The predicted molar refractivity (Wildman–Crippen MR) is 70.7 cm³/mol. The summed E-state index contributed by atoms with van der Waals surface area (Å²) in [6, 6.07) is 4.43. The summed E-state index contributed by atoms with van der Waals surface area (Å²) in [5, 5.41) is 19.2. The third-order valence-corrected chi connectivity index (χ3v) is 2.58. The highest BCUT2D eigenvalue weighted by Gasteiger charge is 2.12. The van der Waals surface area contributed by atoms with Gasteiger partial charge in [-0.3, -0.25) is 4.79 Å². The smallest absolute Gasteiger partial charge is 0.354 e. The molecule has 7 nitrogen and oxygen atoms in total. The summed E-state index contributed by atoms with van der Waals surface area (Å²) in [5.74, 6) is -1.53. The number of nitrogens with zero attached hydrogens (tertiary/aromatic N) is 3. The van der Waals surface area contributed by atoms with Crippen LogP contribution in [0.5, 0.6) is 0 Å². The highest BCUT2D eigenvalue weighted by molar-refractivity contribution is 6.05. The Hall–Kier alpha value is -2.83. The van der Waals surface area contributed by atoms with Crippen LogP contribution in [-0.2, 0) is 0 Å². The van der Waals surface area contributed by atoms with Gasteiger partial charge in [-0.15, -0.1) is 0 Å². The van der Waals surface area contributed by atoms with E-state index in [1.165, 1.54) is 18.3 Å². The lowest BCUT2D eigenvalue weighted by molar-refractivity contribution is 0.0690. The summed E-state index contributed by atoms with van der Waals surface area (Å²) in [5.41, 5.74) is 1.74. The number of hydrogen-bond acceptors (Lipinski definition) is 5. The molecule has 0 aliphatic rings. The van der Waals surface area contributed by atoms with Crippen molar-refractivity contribution in [3.8, 4) is 0 Å². The number of anilines is 1. The van der Waals surface area contributed by atoms with E-state index in [-0.39, 0.29) is 11.6 Å². The molecule has 2 rings (SSSR count). The highest BCUT2D eigenvalue weighted by atomic mass is 16.4. The van der Waals surface area contributed by atoms with Crippen molar-refractivity contribution in [3.63, 3.8) is 0 Å². The van der Waals surface area contributed by atoms with E-state index in [0.29, 0.717) is 22.6 Å². The Kier molecular flexibility index (Phi) is 3.69. The molecule has 0 aliphatic carbocycles. The number of carboxylic acids is 1.